The van der Waals surface area contributed by atoms with E-state index in [0.717, 1.165) is 16.6 Å². The fourth-order valence-corrected chi connectivity index (χ4v) is 2.56. The average Bonchev–Trinajstić information content (AvgIpc) is 3.09. The maximum absolute atomic E-state index is 4.20. The van der Waals surface area contributed by atoms with Gasteiger partial charge >= 0.3 is 0 Å². The van der Waals surface area contributed by atoms with E-state index >= 15 is 0 Å². The van der Waals surface area contributed by atoms with E-state index in [2.05, 4.69) is 39.6 Å². The summed E-state index contributed by atoms with van der Waals surface area (Å²) in [6.45, 7) is 0. The SMILES string of the molecule is Cn1cnnc1SCc1ccc(-n2cccn2)cc1. The van der Waals surface area contributed by atoms with Crippen LogP contribution in [-0.2, 0) is 12.8 Å². The standard InChI is InChI=1S/C13H13N5S/c1-17-10-14-16-13(17)19-9-11-3-5-12(6-4-11)18-8-2-7-15-18/h2-8,10H,9H2,1H3. The Balaban J connectivity index is 1.68. The second-order valence-corrected chi connectivity index (χ2v) is 5.07. The van der Waals surface area contributed by atoms with Gasteiger partial charge in [-0.05, 0) is 23.8 Å². The maximum atomic E-state index is 4.20. The number of nitrogens with zero attached hydrogens (tertiary/aromatic N) is 5. The maximum Gasteiger partial charge on any atom is 0.191 e. The Morgan fingerprint density at radius 3 is 2.68 bits per heavy atom. The van der Waals surface area contributed by atoms with Crippen LogP contribution < -0.4 is 0 Å². The molecule has 0 aliphatic heterocycles. The van der Waals surface area contributed by atoms with Gasteiger partial charge in [0, 0.05) is 25.2 Å². The molecule has 2 heterocycles. The lowest BCUT2D eigenvalue weighted by Gasteiger charge is -2.04. The van der Waals surface area contributed by atoms with Crippen LogP contribution in [0, 0.1) is 0 Å². The smallest absolute Gasteiger partial charge is 0.191 e. The molecule has 0 saturated carbocycles. The Bertz CT molecular complexity index is 642. The minimum Gasteiger partial charge on any atom is -0.312 e. The molecule has 19 heavy (non-hydrogen) atoms. The third kappa shape index (κ3) is 2.68. The second-order valence-electron chi connectivity index (χ2n) is 4.13. The summed E-state index contributed by atoms with van der Waals surface area (Å²) in [5, 5.41) is 13.0. The van der Waals surface area contributed by atoms with Crippen LogP contribution in [0.4, 0.5) is 0 Å². The number of aryl methyl sites for hydroxylation is 1. The zero-order valence-electron chi connectivity index (χ0n) is 10.5. The van der Waals surface area contributed by atoms with Crippen molar-refractivity contribution < 1.29 is 0 Å². The highest BCUT2D eigenvalue weighted by Crippen LogP contribution is 2.20. The van der Waals surface area contributed by atoms with Gasteiger partial charge in [0.1, 0.15) is 6.33 Å². The Morgan fingerprint density at radius 1 is 1.21 bits per heavy atom. The van der Waals surface area contributed by atoms with Crippen molar-refractivity contribution in [2.24, 2.45) is 7.05 Å². The van der Waals surface area contributed by atoms with Gasteiger partial charge in [-0.25, -0.2) is 4.68 Å². The van der Waals surface area contributed by atoms with Crippen molar-refractivity contribution in [3.8, 4) is 5.69 Å². The first kappa shape index (κ1) is 12.0. The molecule has 3 aromatic rings. The van der Waals surface area contributed by atoms with E-state index < -0.39 is 0 Å². The molecule has 2 aromatic heterocycles. The van der Waals surface area contributed by atoms with Crippen molar-refractivity contribution in [3.63, 3.8) is 0 Å². The highest BCUT2D eigenvalue weighted by atomic mass is 32.2. The first-order valence-electron chi connectivity index (χ1n) is 5.89. The summed E-state index contributed by atoms with van der Waals surface area (Å²) in [6.07, 6.45) is 5.42. The van der Waals surface area contributed by atoms with E-state index in [1.165, 1.54) is 5.56 Å². The van der Waals surface area contributed by atoms with Crippen LogP contribution in [0.25, 0.3) is 5.69 Å². The van der Waals surface area contributed by atoms with Gasteiger partial charge in [-0.3, -0.25) is 0 Å². The van der Waals surface area contributed by atoms with Crippen molar-refractivity contribution >= 4 is 11.8 Å². The van der Waals surface area contributed by atoms with Crippen molar-refractivity contribution in [1.29, 1.82) is 0 Å². The Morgan fingerprint density at radius 2 is 2.05 bits per heavy atom. The number of rotatable bonds is 4. The zero-order valence-corrected chi connectivity index (χ0v) is 11.3. The number of aromatic nitrogens is 5. The van der Waals surface area contributed by atoms with Gasteiger partial charge in [0.15, 0.2) is 5.16 Å². The molecular formula is C13H13N5S. The van der Waals surface area contributed by atoms with Crippen LogP contribution in [0.3, 0.4) is 0 Å². The first-order valence-corrected chi connectivity index (χ1v) is 6.87. The zero-order chi connectivity index (χ0) is 13.1. The molecule has 0 atom stereocenters. The number of hydrogen-bond donors (Lipinski definition) is 0. The molecule has 0 bridgehead atoms. The molecular weight excluding hydrogens is 258 g/mol. The molecule has 6 heteroatoms. The third-order valence-corrected chi connectivity index (χ3v) is 3.85. The molecule has 0 aliphatic carbocycles. The van der Waals surface area contributed by atoms with Crippen LogP contribution in [-0.4, -0.2) is 24.5 Å². The van der Waals surface area contributed by atoms with Gasteiger partial charge in [0.2, 0.25) is 0 Å². The Labute approximate surface area is 115 Å². The van der Waals surface area contributed by atoms with Crippen LogP contribution in [0.15, 0.2) is 54.2 Å². The Hall–Kier alpha value is -2.08. The summed E-state index contributed by atoms with van der Waals surface area (Å²) in [4.78, 5) is 0. The molecule has 0 N–H and O–H groups in total. The molecule has 0 spiro atoms. The van der Waals surface area contributed by atoms with Crippen LogP contribution in [0.5, 0.6) is 0 Å². The highest BCUT2D eigenvalue weighted by Gasteiger charge is 2.02. The average molecular weight is 271 g/mol. The fraction of sp³-hybridized carbons (Fsp3) is 0.154. The van der Waals surface area contributed by atoms with Crippen molar-refractivity contribution in [2.45, 2.75) is 10.9 Å². The minimum absolute atomic E-state index is 0.881. The monoisotopic (exact) mass is 271 g/mol. The molecule has 0 aliphatic rings. The largest absolute Gasteiger partial charge is 0.312 e. The number of thioether (sulfide) groups is 1. The summed E-state index contributed by atoms with van der Waals surface area (Å²) in [7, 11) is 1.95. The molecule has 0 fully saturated rings. The van der Waals surface area contributed by atoms with E-state index in [4.69, 9.17) is 0 Å². The van der Waals surface area contributed by atoms with E-state index in [1.54, 1.807) is 24.3 Å². The van der Waals surface area contributed by atoms with Crippen molar-refractivity contribution in [2.75, 3.05) is 0 Å². The number of benzene rings is 1. The summed E-state index contributed by atoms with van der Waals surface area (Å²) < 4.78 is 3.77. The van der Waals surface area contributed by atoms with Crippen molar-refractivity contribution in [1.82, 2.24) is 24.5 Å². The molecule has 5 nitrogen and oxygen atoms in total. The van der Waals surface area contributed by atoms with E-state index in [1.807, 2.05) is 28.6 Å². The van der Waals surface area contributed by atoms with Gasteiger partial charge in [-0.1, -0.05) is 23.9 Å². The fourth-order valence-electron chi connectivity index (χ4n) is 1.72. The lowest BCUT2D eigenvalue weighted by atomic mass is 10.2. The van der Waals surface area contributed by atoms with Crippen LogP contribution >= 0.6 is 11.8 Å². The molecule has 96 valence electrons. The van der Waals surface area contributed by atoms with E-state index in [-0.39, 0.29) is 0 Å². The second kappa shape index (κ2) is 5.27. The molecule has 0 radical (unpaired) electrons. The third-order valence-electron chi connectivity index (χ3n) is 2.74. The normalized spacial score (nSPS) is 10.8. The topological polar surface area (TPSA) is 48.5 Å². The van der Waals surface area contributed by atoms with E-state index in [0.29, 0.717) is 0 Å². The van der Waals surface area contributed by atoms with Gasteiger partial charge in [-0.15, -0.1) is 10.2 Å². The van der Waals surface area contributed by atoms with Crippen molar-refractivity contribution in [3.05, 3.63) is 54.6 Å². The molecule has 0 amide bonds. The van der Waals surface area contributed by atoms with Crippen LogP contribution in [0.1, 0.15) is 5.56 Å². The van der Waals surface area contributed by atoms with Gasteiger partial charge < -0.3 is 4.57 Å². The van der Waals surface area contributed by atoms with E-state index in [9.17, 15) is 0 Å². The summed E-state index contributed by atoms with van der Waals surface area (Å²) in [6, 6.07) is 10.3. The summed E-state index contributed by atoms with van der Waals surface area (Å²) >= 11 is 1.68. The number of hydrogen-bond acceptors (Lipinski definition) is 4. The quantitative estimate of drug-likeness (QED) is 0.683. The summed E-state index contributed by atoms with van der Waals surface area (Å²) in [5.41, 5.74) is 2.32. The minimum atomic E-state index is 0.881. The molecule has 0 saturated heterocycles. The van der Waals surface area contributed by atoms with Gasteiger partial charge in [-0.2, -0.15) is 5.10 Å². The first-order chi connectivity index (χ1) is 9.33. The lowest BCUT2D eigenvalue weighted by Crippen LogP contribution is -1.94. The predicted octanol–water partition coefficient (Wildman–Crippen LogP) is 2.29. The molecule has 3 rings (SSSR count). The van der Waals surface area contributed by atoms with Gasteiger partial charge in [0.05, 0.1) is 5.69 Å². The molecule has 0 unspecified atom stereocenters. The van der Waals surface area contributed by atoms with Crippen LogP contribution in [0.2, 0.25) is 0 Å². The predicted molar refractivity (Wildman–Crippen MR) is 74.1 cm³/mol. The summed E-state index contributed by atoms with van der Waals surface area (Å²) in [5.74, 6) is 0.881. The lowest BCUT2D eigenvalue weighted by molar-refractivity contribution is 0.788. The highest BCUT2D eigenvalue weighted by molar-refractivity contribution is 7.98. The Kier molecular flexibility index (Phi) is 3.33. The van der Waals surface area contributed by atoms with Gasteiger partial charge in [0.25, 0.3) is 0 Å². The molecule has 1 aromatic carbocycles.